The van der Waals surface area contributed by atoms with Crippen LogP contribution in [0.1, 0.15) is 30.1 Å². The largest absolute Gasteiger partial charge is 0.322 e. The lowest BCUT2D eigenvalue weighted by molar-refractivity contribution is 0.102. The Morgan fingerprint density at radius 2 is 1.88 bits per heavy atom. The highest BCUT2D eigenvalue weighted by molar-refractivity contribution is 8.00. The zero-order valence-electron chi connectivity index (χ0n) is 13.0. The van der Waals surface area contributed by atoms with Crippen LogP contribution in [0.5, 0.6) is 0 Å². The van der Waals surface area contributed by atoms with E-state index in [1.165, 1.54) is 42.1 Å². The Morgan fingerprint density at radius 1 is 1.17 bits per heavy atom. The lowest BCUT2D eigenvalue weighted by atomic mass is 9.87. The molecule has 1 aliphatic carbocycles. The Morgan fingerprint density at radius 3 is 2.54 bits per heavy atom. The van der Waals surface area contributed by atoms with Crippen LogP contribution in [-0.4, -0.2) is 11.2 Å². The second-order valence-electron chi connectivity index (χ2n) is 6.04. The molecular formula is C18H16ClF2NOS. The third-order valence-electron chi connectivity index (χ3n) is 4.00. The second-order valence-corrected chi connectivity index (χ2v) is 7.79. The number of carbonyl (C=O) groups is 1. The molecule has 1 fully saturated rings. The summed E-state index contributed by atoms with van der Waals surface area (Å²) in [6.45, 7) is 2.17. The number of nitrogens with one attached hydrogen (secondary N) is 1. The molecule has 1 N–H and O–H groups in total. The third-order valence-corrected chi connectivity index (χ3v) is 5.57. The first kappa shape index (κ1) is 17.2. The number of hydrogen-bond donors (Lipinski definition) is 1. The molecule has 24 heavy (non-hydrogen) atoms. The maximum absolute atomic E-state index is 14.0. The van der Waals surface area contributed by atoms with Gasteiger partial charge in [-0.05, 0) is 55.2 Å². The van der Waals surface area contributed by atoms with Gasteiger partial charge in [0.05, 0.1) is 5.02 Å². The molecule has 2 aromatic carbocycles. The van der Waals surface area contributed by atoms with Crippen LogP contribution in [0.25, 0.3) is 0 Å². The minimum absolute atomic E-state index is 0.0674. The van der Waals surface area contributed by atoms with Crippen LogP contribution in [0.4, 0.5) is 14.5 Å². The van der Waals surface area contributed by atoms with Gasteiger partial charge in [-0.2, -0.15) is 0 Å². The van der Waals surface area contributed by atoms with Crippen molar-refractivity contribution in [2.24, 2.45) is 5.92 Å². The quantitative estimate of drug-likeness (QED) is 0.744. The zero-order valence-corrected chi connectivity index (χ0v) is 14.6. The molecule has 1 saturated carbocycles. The van der Waals surface area contributed by atoms with E-state index in [9.17, 15) is 13.6 Å². The molecule has 0 aromatic heterocycles. The van der Waals surface area contributed by atoms with Crippen LogP contribution < -0.4 is 5.32 Å². The number of hydrogen-bond acceptors (Lipinski definition) is 2. The molecule has 2 aromatic rings. The maximum atomic E-state index is 14.0. The van der Waals surface area contributed by atoms with Gasteiger partial charge < -0.3 is 5.32 Å². The van der Waals surface area contributed by atoms with Crippen molar-refractivity contribution in [3.05, 3.63) is 58.6 Å². The van der Waals surface area contributed by atoms with Gasteiger partial charge in [0.1, 0.15) is 11.6 Å². The average molecular weight is 368 g/mol. The molecule has 1 aliphatic rings. The predicted molar refractivity (Wildman–Crippen MR) is 93.8 cm³/mol. The normalized spacial score (nSPS) is 19.7. The molecular weight excluding hydrogens is 352 g/mol. The first-order chi connectivity index (χ1) is 11.4. The van der Waals surface area contributed by atoms with Crippen molar-refractivity contribution < 1.29 is 13.6 Å². The van der Waals surface area contributed by atoms with Gasteiger partial charge in [0.2, 0.25) is 0 Å². The Labute approximate surface area is 148 Å². The highest BCUT2D eigenvalue weighted by Crippen LogP contribution is 2.41. The number of rotatable bonds is 4. The number of anilines is 1. The van der Waals surface area contributed by atoms with E-state index >= 15 is 0 Å². The van der Waals surface area contributed by atoms with Crippen LogP contribution in [-0.2, 0) is 0 Å². The average Bonchev–Trinajstić information content (AvgIpc) is 2.51. The fourth-order valence-electron chi connectivity index (χ4n) is 2.62. The van der Waals surface area contributed by atoms with Gasteiger partial charge in [-0.25, -0.2) is 8.78 Å². The fraction of sp³-hybridized carbons (Fsp3) is 0.278. The number of carbonyl (C=O) groups excluding carboxylic acids is 1. The molecule has 0 radical (unpaired) electrons. The molecule has 3 rings (SSSR count). The third kappa shape index (κ3) is 3.90. The first-order valence-corrected chi connectivity index (χ1v) is 8.90. The van der Waals surface area contributed by atoms with Gasteiger partial charge in [0, 0.05) is 21.4 Å². The summed E-state index contributed by atoms with van der Waals surface area (Å²) in [5.41, 5.74) is 0.740. The summed E-state index contributed by atoms with van der Waals surface area (Å²) in [7, 11) is 0. The van der Waals surface area contributed by atoms with Gasteiger partial charge in [-0.15, -0.1) is 11.8 Å². The van der Waals surface area contributed by atoms with Gasteiger partial charge in [0.15, 0.2) is 0 Å². The standard InChI is InChI=1S/C18H16ClF2NOS/c1-10-6-13(7-10)24-17-8-11(2-4-16(17)21)18(23)22-12-3-5-15(20)14(19)9-12/h2-5,8-10,13H,6-7H2,1H3,(H,22,23). The summed E-state index contributed by atoms with van der Waals surface area (Å²) >= 11 is 7.18. The van der Waals surface area contributed by atoms with E-state index in [0.29, 0.717) is 27.3 Å². The summed E-state index contributed by atoms with van der Waals surface area (Å²) in [6.07, 6.45) is 2.13. The number of benzene rings is 2. The summed E-state index contributed by atoms with van der Waals surface area (Å²) in [5.74, 6) is -0.576. The summed E-state index contributed by atoms with van der Waals surface area (Å²) in [4.78, 5) is 12.8. The number of halogens is 3. The SMILES string of the molecule is CC1CC(Sc2cc(C(=O)Nc3ccc(F)c(Cl)c3)ccc2F)C1. The molecule has 0 atom stereocenters. The maximum Gasteiger partial charge on any atom is 0.255 e. The predicted octanol–water partition coefficient (Wildman–Crippen LogP) is 5.76. The molecule has 1 amide bonds. The van der Waals surface area contributed by atoms with E-state index < -0.39 is 5.82 Å². The minimum Gasteiger partial charge on any atom is -0.322 e. The summed E-state index contributed by atoms with van der Waals surface area (Å²) in [6, 6.07) is 8.24. The summed E-state index contributed by atoms with van der Waals surface area (Å²) < 4.78 is 27.1. The van der Waals surface area contributed by atoms with E-state index in [0.717, 1.165) is 12.8 Å². The molecule has 126 valence electrons. The second kappa shape index (κ2) is 7.11. The fourth-order valence-corrected chi connectivity index (χ4v) is 4.38. The minimum atomic E-state index is -0.551. The van der Waals surface area contributed by atoms with Gasteiger partial charge in [-0.1, -0.05) is 18.5 Å². The van der Waals surface area contributed by atoms with E-state index in [1.54, 1.807) is 6.07 Å². The lowest BCUT2D eigenvalue weighted by Crippen LogP contribution is -2.23. The number of thioether (sulfide) groups is 1. The lowest BCUT2D eigenvalue weighted by Gasteiger charge is -2.32. The molecule has 0 unspecified atom stereocenters. The molecule has 0 saturated heterocycles. The Hall–Kier alpha value is -1.59. The van der Waals surface area contributed by atoms with E-state index in [-0.39, 0.29) is 16.7 Å². The van der Waals surface area contributed by atoms with Crippen molar-refractivity contribution in [2.45, 2.75) is 29.9 Å². The Kier molecular flexibility index (Phi) is 5.11. The van der Waals surface area contributed by atoms with Crippen molar-refractivity contribution >= 4 is 35.0 Å². The van der Waals surface area contributed by atoms with Gasteiger partial charge in [0.25, 0.3) is 5.91 Å². The van der Waals surface area contributed by atoms with Crippen molar-refractivity contribution in [2.75, 3.05) is 5.32 Å². The smallest absolute Gasteiger partial charge is 0.255 e. The highest BCUT2D eigenvalue weighted by Gasteiger charge is 2.27. The van der Waals surface area contributed by atoms with Crippen molar-refractivity contribution in [1.82, 2.24) is 0 Å². The molecule has 0 heterocycles. The zero-order chi connectivity index (χ0) is 17.3. The van der Waals surface area contributed by atoms with Crippen LogP contribution >= 0.6 is 23.4 Å². The topological polar surface area (TPSA) is 29.1 Å². The van der Waals surface area contributed by atoms with Crippen LogP contribution in [0, 0.1) is 17.6 Å². The molecule has 2 nitrogen and oxygen atoms in total. The molecule has 6 heteroatoms. The Balaban J connectivity index is 1.73. The van der Waals surface area contributed by atoms with E-state index in [2.05, 4.69) is 12.2 Å². The van der Waals surface area contributed by atoms with E-state index in [1.807, 2.05) is 0 Å². The first-order valence-electron chi connectivity index (χ1n) is 7.65. The van der Waals surface area contributed by atoms with Crippen molar-refractivity contribution in [1.29, 1.82) is 0 Å². The number of amides is 1. The van der Waals surface area contributed by atoms with Crippen molar-refractivity contribution in [3.8, 4) is 0 Å². The molecule has 0 bridgehead atoms. The van der Waals surface area contributed by atoms with Gasteiger partial charge in [-0.3, -0.25) is 4.79 Å². The molecule has 0 aliphatic heterocycles. The van der Waals surface area contributed by atoms with E-state index in [4.69, 9.17) is 11.6 Å². The molecule has 0 spiro atoms. The Bertz CT molecular complexity index is 778. The highest BCUT2D eigenvalue weighted by atomic mass is 35.5. The summed E-state index contributed by atoms with van der Waals surface area (Å²) in [5, 5.41) is 2.98. The van der Waals surface area contributed by atoms with Crippen LogP contribution in [0.3, 0.4) is 0 Å². The van der Waals surface area contributed by atoms with Crippen LogP contribution in [0.2, 0.25) is 5.02 Å². The van der Waals surface area contributed by atoms with Crippen LogP contribution in [0.15, 0.2) is 41.3 Å². The van der Waals surface area contributed by atoms with Crippen molar-refractivity contribution in [3.63, 3.8) is 0 Å². The van der Waals surface area contributed by atoms with Gasteiger partial charge >= 0.3 is 0 Å². The monoisotopic (exact) mass is 367 g/mol.